The molecule has 8 heteroatoms. The number of hydrogen-bond donors (Lipinski definition) is 2. The molecule has 2 aromatic carbocycles. The van der Waals surface area contributed by atoms with E-state index in [1.54, 1.807) is 18.2 Å². The van der Waals surface area contributed by atoms with Crippen LogP contribution in [0.1, 0.15) is 16.8 Å². The lowest BCUT2D eigenvalue weighted by atomic mass is 10.0. The summed E-state index contributed by atoms with van der Waals surface area (Å²) >= 11 is 5.96. The molecule has 2 heterocycles. The van der Waals surface area contributed by atoms with Crippen LogP contribution in [0, 0.1) is 0 Å². The van der Waals surface area contributed by atoms with E-state index in [4.69, 9.17) is 26.1 Å². The molecule has 2 N–H and O–H groups in total. The molecular weight excluding hydrogens is 406 g/mol. The summed E-state index contributed by atoms with van der Waals surface area (Å²) < 4.78 is 10.5. The molecule has 0 spiro atoms. The highest BCUT2D eigenvalue weighted by Crippen LogP contribution is 2.37. The molecule has 7 nitrogen and oxygen atoms in total. The Labute approximate surface area is 178 Å². The molecule has 0 fully saturated rings. The van der Waals surface area contributed by atoms with E-state index in [2.05, 4.69) is 9.88 Å². The van der Waals surface area contributed by atoms with Crippen molar-refractivity contribution >= 4 is 11.6 Å². The van der Waals surface area contributed by atoms with Gasteiger partial charge in [0.2, 0.25) is 5.75 Å². The molecular formula is C22H22ClN3O4. The average Bonchev–Trinajstić information content (AvgIpc) is 2.73. The van der Waals surface area contributed by atoms with Crippen LogP contribution >= 0.6 is 11.6 Å². The van der Waals surface area contributed by atoms with Gasteiger partial charge in [-0.1, -0.05) is 11.6 Å². The predicted octanol–water partition coefficient (Wildman–Crippen LogP) is 3.37. The Morgan fingerprint density at radius 1 is 1.20 bits per heavy atom. The fourth-order valence-corrected chi connectivity index (χ4v) is 3.85. The molecule has 0 atom stereocenters. The average molecular weight is 428 g/mol. The van der Waals surface area contributed by atoms with Crippen LogP contribution in [0.5, 0.6) is 17.2 Å². The number of H-pyrrole nitrogens is 1. The van der Waals surface area contributed by atoms with Crippen LogP contribution in [0.2, 0.25) is 5.02 Å². The van der Waals surface area contributed by atoms with Gasteiger partial charge >= 0.3 is 0 Å². The highest BCUT2D eigenvalue weighted by molar-refractivity contribution is 6.30. The second kappa shape index (κ2) is 8.38. The van der Waals surface area contributed by atoms with Crippen molar-refractivity contribution in [3.63, 3.8) is 0 Å². The number of aromatic nitrogens is 2. The molecule has 0 unspecified atom stereocenters. The summed E-state index contributed by atoms with van der Waals surface area (Å²) in [7, 11) is 3.02. The molecule has 0 aliphatic carbocycles. The van der Waals surface area contributed by atoms with Crippen LogP contribution in [-0.4, -0.2) is 40.7 Å². The summed E-state index contributed by atoms with van der Waals surface area (Å²) in [5.41, 5.74) is 3.07. The maximum absolute atomic E-state index is 12.6. The number of benzene rings is 2. The van der Waals surface area contributed by atoms with Crippen molar-refractivity contribution in [2.45, 2.75) is 19.5 Å². The van der Waals surface area contributed by atoms with Crippen molar-refractivity contribution in [2.24, 2.45) is 0 Å². The summed E-state index contributed by atoms with van der Waals surface area (Å²) in [4.78, 5) is 22.4. The first kappa shape index (κ1) is 20.3. The summed E-state index contributed by atoms with van der Waals surface area (Å²) in [6.07, 6.45) is 0.609. The smallest absolute Gasteiger partial charge is 0.254 e. The summed E-state index contributed by atoms with van der Waals surface area (Å²) in [5, 5.41) is 10.8. The van der Waals surface area contributed by atoms with E-state index in [1.807, 2.05) is 18.2 Å². The van der Waals surface area contributed by atoms with Crippen molar-refractivity contribution in [2.75, 3.05) is 20.8 Å². The van der Waals surface area contributed by atoms with Gasteiger partial charge in [0.25, 0.3) is 5.56 Å². The summed E-state index contributed by atoms with van der Waals surface area (Å²) in [6.45, 7) is 1.83. The standard InChI is InChI=1S/C22H22ClN3O4/c1-29-19-10-13(9-18(27)20(19)30-2)11-26-8-7-16-17(12-26)24-21(25-22(16)28)14-3-5-15(23)6-4-14/h3-6,9-10,27H,7-8,11-12H2,1-2H3,(H,24,25,28). The number of phenolic OH excluding ortho intramolecular Hbond substituents is 1. The van der Waals surface area contributed by atoms with E-state index in [9.17, 15) is 9.90 Å². The number of nitrogens with one attached hydrogen (secondary N) is 1. The Balaban J connectivity index is 1.59. The van der Waals surface area contributed by atoms with Crippen LogP contribution < -0.4 is 15.0 Å². The third kappa shape index (κ3) is 3.99. The number of halogens is 1. The zero-order valence-electron chi connectivity index (χ0n) is 16.7. The number of aromatic hydroxyl groups is 1. The highest BCUT2D eigenvalue weighted by atomic mass is 35.5. The molecule has 0 amide bonds. The van der Waals surface area contributed by atoms with Crippen LogP contribution in [0.3, 0.4) is 0 Å². The zero-order valence-corrected chi connectivity index (χ0v) is 17.5. The molecule has 0 saturated heterocycles. The first-order chi connectivity index (χ1) is 14.5. The SMILES string of the molecule is COc1cc(CN2CCc3c(nc(-c4ccc(Cl)cc4)[nH]c3=O)C2)cc(O)c1OC. The minimum Gasteiger partial charge on any atom is -0.504 e. The monoisotopic (exact) mass is 427 g/mol. The van der Waals surface area contributed by atoms with Gasteiger partial charge < -0.3 is 19.6 Å². The van der Waals surface area contributed by atoms with Crippen LogP contribution in [0.4, 0.5) is 0 Å². The molecule has 0 radical (unpaired) electrons. The maximum atomic E-state index is 12.6. The van der Waals surface area contributed by atoms with Crippen molar-refractivity contribution in [1.29, 1.82) is 0 Å². The van der Waals surface area contributed by atoms with Gasteiger partial charge in [0.15, 0.2) is 11.5 Å². The van der Waals surface area contributed by atoms with Gasteiger partial charge in [0.1, 0.15) is 5.82 Å². The largest absolute Gasteiger partial charge is 0.504 e. The molecule has 4 rings (SSSR count). The van der Waals surface area contributed by atoms with Crippen LogP contribution in [0.15, 0.2) is 41.2 Å². The molecule has 30 heavy (non-hydrogen) atoms. The van der Waals surface area contributed by atoms with Crippen LogP contribution in [0.25, 0.3) is 11.4 Å². The molecule has 3 aromatic rings. The second-order valence-electron chi connectivity index (χ2n) is 7.16. The number of fused-ring (bicyclic) bond motifs is 1. The molecule has 1 aromatic heterocycles. The minimum absolute atomic E-state index is 0.0313. The third-order valence-electron chi connectivity index (χ3n) is 5.20. The number of phenols is 1. The minimum atomic E-state index is -0.103. The molecule has 0 saturated carbocycles. The topological polar surface area (TPSA) is 87.7 Å². The predicted molar refractivity (Wildman–Crippen MR) is 114 cm³/mol. The van der Waals surface area contributed by atoms with Gasteiger partial charge in [-0.2, -0.15) is 0 Å². The Morgan fingerprint density at radius 3 is 2.67 bits per heavy atom. The van der Waals surface area contributed by atoms with Crippen molar-refractivity contribution in [1.82, 2.24) is 14.9 Å². The lowest BCUT2D eigenvalue weighted by Crippen LogP contribution is -2.35. The van der Waals surface area contributed by atoms with Gasteiger partial charge in [-0.25, -0.2) is 4.98 Å². The fraction of sp³-hybridized carbons (Fsp3) is 0.273. The number of nitrogens with zero attached hydrogens (tertiary/aromatic N) is 2. The molecule has 0 bridgehead atoms. The number of hydrogen-bond acceptors (Lipinski definition) is 6. The first-order valence-corrected chi connectivity index (χ1v) is 9.90. The van der Waals surface area contributed by atoms with Gasteiger partial charge in [0, 0.05) is 35.8 Å². The number of methoxy groups -OCH3 is 2. The lowest BCUT2D eigenvalue weighted by molar-refractivity contribution is 0.239. The van der Waals surface area contributed by atoms with Crippen molar-refractivity contribution < 1.29 is 14.6 Å². The summed E-state index contributed by atoms with van der Waals surface area (Å²) in [5.74, 6) is 1.35. The van der Waals surface area contributed by atoms with Crippen molar-refractivity contribution in [3.8, 4) is 28.6 Å². The Kier molecular flexibility index (Phi) is 5.65. The summed E-state index contributed by atoms with van der Waals surface area (Å²) in [6, 6.07) is 10.7. The lowest BCUT2D eigenvalue weighted by Gasteiger charge is -2.28. The zero-order chi connectivity index (χ0) is 21.3. The van der Waals surface area contributed by atoms with Gasteiger partial charge in [-0.05, 0) is 48.4 Å². The van der Waals surface area contributed by atoms with E-state index < -0.39 is 0 Å². The van der Waals surface area contributed by atoms with Gasteiger partial charge in [0.05, 0.1) is 19.9 Å². The first-order valence-electron chi connectivity index (χ1n) is 9.52. The van der Waals surface area contributed by atoms with E-state index in [0.717, 1.165) is 22.4 Å². The highest BCUT2D eigenvalue weighted by Gasteiger charge is 2.22. The molecule has 156 valence electrons. The Bertz CT molecular complexity index is 1130. The second-order valence-corrected chi connectivity index (χ2v) is 7.59. The van der Waals surface area contributed by atoms with E-state index >= 15 is 0 Å². The quantitative estimate of drug-likeness (QED) is 0.649. The van der Waals surface area contributed by atoms with Crippen LogP contribution in [-0.2, 0) is 19.5 Å². The number of rotatable bonds is 5. The molecule has 1 aliphatic heterocycles. The van der Waals surface area contributed by atoms with E-state index in [-0.39, 0.29) is 11.3 Å². The Hall–Kier alpha value is -3.03. The fourth-order valence-electron chi connectivity index (χ4n) is 3.72. The number of aromatic amines is 1. The third-order valence-corrected chi connectivity index (χ3v) is 5.45. The molecule has 1 aliphatic rings. The number of ether oxygens (including phenoxy) is 2. The van der Waals surface area contributed by atoms with Gasteiger partial charge in [-0.3, -0.25) is 9.69 Å². The van der Waals surface area contributed by atoms with Gasteiger partial charge in [-0.15, -0.1) is 0 Å². The van der Waals surface area contributed by atoms with Crippen molar-refractivity contribution in [3.05, 3.63) is 68.6 Å². The maximum Gasteiger partial charge on any atom is 0.254 e. The normalized spacial score (nSPS) is 13.7. The Morgan fingerprint density at radius 2 is 1.97 bits per heavy atom. The van der Waals surface area contributed by atoms with E-state index in [1.165, 1.54) is 14.2 Å². The van der Waals surface area contributed by atoms with E-state index in [0.29, 0.717) is 48.4 Å².